The third-order valence-electron chi connectivity index (χ3n) is 7.37. The van der Waals surface area contributed by atoms with Crippen molar-refractivity contribution in [3.63, 3.8) is 0 Å². The zero-order chi connectivity index (χ0) is 32.1. The number of hydrogen-bond acceptors (Lipinski definition) is 3. The first-order valence-electron chi connectivity index (χ1n) is 13.9. The zero-order valence-electron chi connectivity index (χ0n) is 24.0. The van der Waals surface area contributed by atoms with E-state index < -0.39 is 5.97 Å². The molecule has 6 rings (SSSR count). The molecule has 0 amide bonds. The maximum atomic E-state index is 12.2. The summed E-state index contributed by atoms with van der Waals surface area (Å²) < 4.78 is 6.92. The highest BCUT2D eigenvalue weighted by Gasteiger charge is 2.27. The van der Waals surface area contributed by atoms with Gasteiger partial charge < -0.3 is 9.84 Å². The number of aliphatic carboxylic acids is 1. The Hall–Kier alpha value is -3.68. The van der Waals surface area contributed by atoms with Gasteiger partial charge in [-0.3, -0.25) is 0 Å². The van der Waals surface area contributed by atoms with Crippen LogP contribution in [0.25, 0.3) is 23.3 Å². The number of fused-ring (bicyclic) bond motifs is 2. The number of allylic oxidation sites excluding steroid dienone is 4. The number of ether oxygens (including phenoxy) is 1. The van der Waals surface area contributed by atoms with Crippen LogP contribution in [0.4, 0.5) is 0 Å². The number of carbonyl (C=O) groups is 2. The van der Waals surface area contributed by atoms with E-state index in [2.05, 4.69) is 31.9 Å². The number of carboxylic acid groups (broad SMARTS) is 1. The molecule has 2 aliphatic rings. The average molecular weight is 765 g/mol. The Labute approximate surface area is 288 Å². The second-order valence-electron chi connectivity index (χ2n) is 10.3. The lowest BCUT2D eigenvalue weighted by molar-refractivity contribution is -0.133. The summed E-state index contributed by atoms with van der Waals surface area (Å²) in [5, 5.41) is 10.9. The second-order valence-corrected chi connectivity index (χ2v) is 13.0. The van der Waals surface area contributed by atoms with Gasteiger partial charge >= 0.3 is 11.9 Å². The van der Waals surface area contributed by atoms with Gasteiger partial charge in [-0.05, 0) is 106 Å². The molecule has 0 heterocycles. The number of esters is 1. The molecule has 0 fully saturated rings. The third-order valence-corrected chi connectivity index (χ3v) is 8.87. The van der Waals surface area contributed by atoms with Crippen molar-refractivity contribution in [2.24, 2.45) is 0 Å². The van der Waals surface area contributed by atoms with Crippen molar-refractivity contribution in [2.45, 2.75) is 12.8 Å². The fourth-order valence-electron chi connectivity index (χ4n) is 5.26. The quantitative estimate of drug-likeness (QED) is 0.199. The Bertz CT molecular complexity index is 1900. The lowest BCUT2D eigenvalue weighted by atomic mass is 10.1. The van der Waals surface area contributed by atoms with Gasteiger partial charge in [-0.15, -0.1) is 0 Å². The van der Waals surface area contributed by atoms with Crippen molar-refractivity contribution >= 4 is 90.3 Å². The van der Waals surface area contributed by atoms with Crippen LogP contribution in [0.3, 0.4) is 0 Å². The zero-order valence-corrected chi connectivity index (χ0v) is 28.7. The monoisotopic (exact) mass is 762 g/mol. The molecule has 0 radical (unpaired) electrons. The molecule has 2 aliphatic carbocycles. The van der Waals surface area contributed by atoms with Crippen LogP contribution in [0.2, 0.25) is 10.0 Å². The van der Waals surface area contributed by atoms with E-state index in [1.165, 1.54) is 7.11 Å². The van der Waals surface area contributed by atoms with Crippen LogP contribution >= 0.6 is 55.1 Å². The summed E-state index contributed by atoms with van der Waals surface area (Å²) in [4.78, 5) is 23.8. The highest BCUT2D eigenvalue weighted by atomic mass is 79.9. The summed E-state index contributed by atoms with van der Waals surface area (Å²) in [6, 6.07) is 26.6. The first-order valence-corrected chi connectivity index (χ1v) is 16.2. The van der Waals surface area contributed by atoms with Crippen LogP contribution in [0.1, 0.15) is 33.4 Å². The Balaban J connectivity index is 0.000000178. The topological polar surface area (TPSA) is 63.6 Å². The third kappa shape index (κ3) is 7.95. The standard InChI is InChI=1S/C19H14BrClO2.C18H12BrClO2/c1-23-19(22)18-13(5-2-12-3-7-16(21)8-4-12)10-14-11-15(20)6-9-17(14)18;19-14-5-8-16-13(10-14)9-12(17(16)18(21)22)4-1-11-2-6-15(20)7-3-11/h2-9,11H,10H2,1H3;1-8,10H,9H2,(H,21,22)/b5-2+;4-1+. The van der Waals surface area contributed by atoms with Gasteiger partial charge in [-0.25, -0.2) is 9.59 Å². The van der Waals surface area contributed by atoms with Gasteiger partial charge in [0, 0.05) is 19.0 Å². The minimum Gasteiger partial charge on any atom is -0.478 e. The Morgan fingerprint density at radius 3 is 1.51 bits per heavy atom. The van der Waals surface area contributed by atoms with Crippen molar-refractivity contribution in [3.8, 4) is 0 Å². The summed E-state index contributed by atoms with van der Waals surface area (Å²) in [6.45, 7) is 0. The van der Waals surface area contributed by atoms with Crippen molar-refractivity contribution in [2.75, 3.05) is 7.11 Å². The lowest BCUT2D eigenvalue weighted by Gasteiger charge is -2.04. The van der Waals surface area contributed by atoms with E-state index in [1.807, 2.05) is 109 Å². The van der Waals surface area contributed by atoms with Crippen molar-refractivity contribution in [1.29, 1.82) is 0 Å². The number of benzene rings is 4. The van der Waals surface area contributed by atoms with E-state index in [9.17, 15) is 14.7 Å². The largest absolute Gasteiger partial charge is 0.478 e. The van der Waals surface area contributed by atoms with Crippen LogP contribution in [-0.4, -0.2) is 24.2 Å². The molecule has 0 spiro atoms. The molecule has 4 nitrogen and oxygen atoms in total. The summed E-state index contributed by atoms with van der Waals surface area (Å²) in [7, 11) is 1.41. The van der Waals surface area contributed by atoms with E-state index >= 15 is 0 Å². The Morgan fingerprint density at radius 1 is 0.667 bits per heavy atom. The molecule has 1 N–H and O–H groups in total. The second kappa shape index (κ2) is 14.6. The highest BCUT2D eigenvalue weighted by molar-refractivity contribution is 9.10. The van der Waals surface area contributed by atoms with Crippen LogP contribution < -0.4 is 0 Å². The van der Waals surface area contributed by atoms with Gasteiger partial charge in [0.25, 0.3) is 0 Å². The molecule has 0 aliphatic heterocycles. The van der Waals surface area contributed by atoms with Gasteiger partial charge in [0.2, 0.25) is 0 Å². The van der Waals surface area contributed by atoms with Crippen LogP contribution in [-0.2, 0) is 27.2 Å². The van der Waals surface area contributed by atoms with E-state index in [4.69, 9.17) is 27.9 Å². The maximum absolute atomic E-state index is 12.2. The van der Waals surface area contributed by atoms with Gasteiger partial charge in [0.05, 0.1) is 18.3 Å². The first-order chi connectivity index (χ1) is 21.6. The SMILES string of the molecule is COC(=O)C1=C(/C=C/c2ccc(Cl)cc2)Cc2cc(Br)ccc21.O=C(O)C1=C(/C=C/c2ccc(Cl)cc2)Cc2cc(Br)ccc21. The molecular weight excluding hydrogens is 739 g/mol. The van der Waals surface area contributed by atoms with Crippen LogP contribution in [0.15, 0.2) is 117 Å². The van der Waals surface area contributed by atoms with Gasteiger partial charge in [-0.1, -0.05) is 116 Å². The van der Waals surface area contributed by atoms with E-state index in [1.54, 1.807) is 0 Å². The van der Waals surface area contributed by atoms with Crippen molar-refractivity contribution in [3.05, 3.63) is 161 Å². The molecule has 0 atom stereocenters. The molecule has 4 aromatic carbocycles. The summed E-state index contributed by atoms with van der Waals surface area (Å²) in [5.41, 5.74) is 8.70. The van der Waals surface area contributed by atoms with E-state index in [0.29, 0.717) is 34.0 Å². The molecule has 0 unspecified atom stereocenters. The molecular formula is C37H26Br2Cl2O4. The van der Waals surface area contributed by atoms with E-state index in [-0.39, 0.29) is 5.97 Å². The summed E-state index contributed by atoms with van der Waals surface area (Å²) in [5.74, 6) is -1.20. The lowest BCUT2D eigenvalue weighted by Crippen LogP contribution is -2.03. The number of rotatable bonds is 6. The number of halogens is 4. The summed E-state index contributed by atoms with van der Waals surface area (Å²) >= 11 is 18.7. The van der Waals surface area contributed by atoms with Crippen molar-refractivity contribution in [1.82, 2.24) is 0 Å². The number of carbonyl (C=O) groups excluding carboxylic acids is 1. The van der Waals surface area contributed by atoms with Gasteiger partial charge in [-0.2, -0.15) is 0 Å². The highest BCUT2D eigenvalue weighted by Crippen LogP contribution is 2.37. The maximum Gasteiger partial charge on any atom is 0.338 e. The molecule has 0 bridgehead atoms. The van der Waals surface area contributed by atoms with Crippen LogP contribution in [0.5, 0.6) is 0 Å². The normalized spacial score (nSPS) is 13.6. The number of methoxy groups -OCH3 is 1. The Kier molecular flexibility index (Phi) is 10.6. The van der Waals surface area contributed by atoms with E-state index in [0.717, 1.165) is 53.5 Å². The smallest absolute Gasteiger partial charge is 0.338 e. The molecule has 4 aromatic rings. The first kappa shape index (κ1) is 32.7. The molecule has 0 aromatic heterocycles. The summed E-state index contributed by atoms with van der Waals surface area (Å²) in [6.07, 6.45) is 9.08. The molecule has 45 heavy (non-hydrogen) atoms. The average Bonchev–Trinajstić information content (AvgIpc) is 3.57. The predicted molar refractivity (Wildman–Crippen MR) is 190 cm³/mol. The molecule has 226 valence electrons. The van der Waals surface area contributed by atoms with Crippen molar-refractivity contribution < 1.29 is 19.4 Å². The molecule has 0 saturated carbocycles. The van der Waals surface area contributed by atoms with Gasteiger partial charge in [0.1, 0.15) is 0 Å². The van der Waals surface area contributed by atoms with Gasteiger partial charge in [0.15, 0.2) is 0 Å². The minimum absolute atomic E-state index is 0.304. The minimum atomic E-state index is -0.892. The number of carboxylic acids is 1. The molecule has 8 heteroatoms. The Morgan fingerprint density at radius 2 is 1.09 bits per heavy atom. The molecule has 0 saturated heterocycles. The number of hydrogen-bond donors (Lipinski definition) is 1. The predicted octanol–water partition coefficient (Wildman–Crippen LogP) is 10.5. The van der Waals surface area contributed by atoms with Crippen LogP contribution in [0, 0.1) is 0 Å². The fourth-order valence-corrected chi connectivity index (χ4v) is 6.33. The fraction of sp³-hybridized carbons (Fsp3) is 0.0811.